The zero-order valence-corrected chi connectivity index (χ0v) is 18.3. The molecule has 0 radical (unpaired) electrons. The number of anilines is 1. The maximum Gasteiger partial charge on any atom is 0.255 e. The van der Waals surface area contributed by atoms with E-state index in [-0.39, 0.29) is 60.7 Å². The second kappa shape index (κ2) is 8.62. The number of piperidine rings is 1. The predicted octanol–water partition coefficient (Wildman–Crippen LogP) is 2.94. The number of aliphatic hydroxyl groups excluding tert-OH is 1. The minimum absolute atomic E-state index is 0.0913. The Bertz CT molecular complexity index is 1260. The number of hydrogen-bond donors (Lipinski definition) is 3. The molecule has 34 heavy (non-hydrogen) atoms. The maximum absolute atomic E-state index is 13.0. The van der Waals surface area contributed by atoms with Gasteiger partial charge in [0.25, 0.3) is 5.91 Å². The van der Waals surface area contributed by atoms with Crippen LogP contribution in [0, 0.1) is 0 Å². The van der Waals surface area contributed by atoms with E-state index in [1.807, 2.05) is 30.3 Å². The van der Waals surface area contributed by atoms with Crippen LogP contribution in [0.2, 0.25) is 0 Å². The van der Waals surface area contributed by atoms with Gasteiger partial charge >= 0.3 is 0 Å². The van der Waals surface area contributed by atoms with Gasteiger partial charge in [0.05, 0.1) is 5.57 Å². The molecular weight excluding hydrogens is 434 g/mol. The summed E-state index contributed by atoms with van der Waals surface area (Å²) in [4.78, 5) is 51.0. The lowest BCUT2D eigenvalue weighted by atomic mass is 9.85. The molecule has 2 atom stereocenters. The second-order valence-electron chi connectivity index (χ2n) is 8.63. The Balaban J connectivity index is 1.37. The number of nitrogens with one attached hydrogen (secondary N) is 2. The van der Waals surface area contributed by atoms with Crippen LogP contribution in [0.3, 0.4) is 0 Å². The SMILES string of the molecule is O=C1CCC(N2Cc3c(N/C=C4/C(=O)CC(c5ccccc5)C=C4O)cccc3C2=O)C(=O)N1. The van der Waals surface area contributed by atoms with Gasteiger partial charge in [0.15, 0.2) is 5.78 Å². The molecule has 8 heteroatoms. The highest BCUT2D eigenvalue weighted by Crippen LogP contribution is 2.34. The lowest BCUT2D eigenvalue weighted by Crippen LogP contribution is -2.52. The molecule has 5 rings (SSSR count). The molecular formula is C26H23N3O5. The first-order valence-corrected chi connectivity index (χ1v) is 11.1. The van der Waals surface area contributed by atoms with Gasteiger partial charge in [-0.05, 0) is 30.2 Å². The molecule has 2 aliphatic heterocycles. The average molecular weight is 457 g/mol. The number of rotatable bonds is 4. The fraction of sp³-hybridized carbons (Fsp3) is 0.231. The smallest absolute Gasteiger partial charge is 0.255 e. The van der Waals surface area contributed by atoms with Crippen molar-refractivity contribution in [1.82, 2.24) is 10.2 Å². The molecule has 0 spiro atoms. The van der Waals surface area contributed by atoms with Gasteiger partial charge in [-0.1, -0.05) is 36.4 Å². The van der Waals surface area contributed by atoms with Gasteiger partial charge in [0.2, 0.25) is 11.8 Å². The number of Topliss-reactive ketones (excluding diaryl/α,β-unsaturated/α-hetero) is 1. The summed E-state index contributed by atoms with van der Waals surface area (Å²) < 4.78 is 0. The van der Waals surface area contributed by atoms with Crippen LogP contribution in [0.1, 0.15) is 46.7 Å². The Morgan fingerprint density at radius 3 is 2.56 bits per heavy atom. The van der Waals surface area contributed by atoms with Gasteiger partial charge in [0.1, 0.15) is 11.8 Å². The summed E-state index contributed by atoms with van der Waals surface area (Å²) in [7, 11) is 0. The largest absolute Gasteiger partial charge is 0.507 e. The summed E-state index contributed by atoms with van der Waals surface area (Å²) in [5, 5.41) is 15.9. The molecule has 3 aliphatic rings. The van der Waals surface area contributed by atoms with E-state index in [9.17, 15) is 24.3 Å². The van der Waals surface area contributed by atoms with Crippen LogP contribution >= 0.6 is 0 Å². The molecule has 3 N–H and O–H groups in total. The van der Waals surface area contributed by atoms with E-state index in [4.69, 9.17) is 0 Å². The first-order valence-electron chi connectivity index (χ1n) is 11.1. The van der Waals surface area contributed by atoms with Crippen molar-refractivity contribution in [1.29, 1.82) is 0 Å². The Hall–Kier alpha value is -4.20. The number of amides is 3. The van der Waals surface area contributed by atoms with Crippen LogP contribution in [0.15, 0.2) is 72.1 Å². The zero-order valence-electron chi connectivity index (χ0n) is 18.3. The van der Waals surface area contributed by atoms with Gasteiger partial charge in [0, 0.05) is 48.3 Å². The molecule has 1 saturated heterocycles. The van der Waals surface area contributed by atoms with Crippen LogP contribution in [0.5, 0.6) is 0 Å². The highest BCUT2D eigenvalue weighted by molar-refractivity contribution is 6.06. The van der Waals surface area contributed by atoms with Crippen molar-refractivity contribution < 1.29 is 24.3 Å². The number of aliphatic hydroxyl groups is 1. The van der Waals surface area contributed by atoms with E-state index >= 15 is 0 Å². The van der Waals surface area contributed by atoms with Gasteiger partial charge in [-0.3, -0.25) is 24.5 Å². The first-order chi connectivity index (χ1) is 16.4. The number of carbonyl (C=O) groups is 4. The van der Waals surface area contributed by atoms with E-state index < -0.39 is 11.9 Å². The van der Waals surface area contributed by atoms with Crippen molar-refractivity contribution >= 4 is 29.2 Å². The van der Waals surface area contributed by atoms with Crippen molar-refractivity contribution in [2.75, 3.05) is 5.32 Å². The fourth-order valence-electron chi connectivity index (χ4n) is 4.73. The second-order valence-corrected chi connectivity index (χ2v) is 8.63. The Morgan fingerprint density at radius 2 is 1.82 bits per heavy atom. The van der Waals surface area contributed by atoms with E-state index in [2.05, 4.69) is 10.6 Å². The number of nitrogens with zero attached hydrogens (tertiary/aromatic N) is 1. The quantitative estimate of drug-likeness (QED) is 0.480. The van der Waals surface area contributed by atoms with E-state index in [1.54, 1.807) is 24.3 Å². The molecule has 3 amide bonds. The third-order valence-corrected chi connectivity index (χ3v) is 6.52. The van der Waals surface area contributed by atoms with Gasteiger partial charge in [-0.2, -0.15) is 0 Å². The lowest BCUT2D eigenvalue weighted by molar-refractivity contribution is -0.137. The Morgan fingerprint density at radius 1 is 1.03 bits per heavy atom. The maximum atomic E-state index is 13.0. The van der Waals surface area contributed by atoms with Crippen LogP contribution < -0.4 is 10.6 Å². The highest BCUT2D eigenvalue weighted by Gasteiger charge is 2.39. The summed E-state index contributed by atoms with van der Waals surface area (Å²) in [6.07, 6.45) is 3.85. The molecule has 2 aromatic rings. The molecule has 0 bridgehead atoms. The van der Waals surface area contributed by atoms with Crippen molar-refractivity contribution in [3.8, 4) is 0 Å². The number of benzene rings is 2. The lowest BCUT2D eigenvalue weighted by Gasteiger charge is -2.29. The average Bonchev–Trinajstić information content (AvgIpc) is 3.16. The van der Waals surface area contributed by atoms with Gasteiger partial charge in [-0.15, -0.1) is 0 Å². The molecule has 2 aromatic carbocycles. The predicted molar refractivity (Wildman–Crippen MR) is 124 cm³/mol. The molecule has 2 unspecified atom stereocenters. The molecule has 172 valence electrons. The molecule has 2 heterocycles. The van der Waals surface area contributed by atoms with Crippen molar-refractivity contribution in [3.05, 3.63) is 88.8 Å². The molecule has 0 aromatic heterocycles. The fourth-order valence-corrected chi connectivity index (χ4v) is 4.73. The standard InChI is InChI=1S/C26H23N3O5/c30-22-11-16(15-5-2-1-3-6-15)12-23(31)18(22)13-27-20-8-4-7-17-19(20)14-29(26(17)34)21-9-10-24(32)28-25(21)33/h1-8,11,13,16,21,27,30H,9-10,12,14H2,(H,28,32,33)/b18-13+. The monoisotopic (exact) mass is 457 g/mol. The number of allylic oxidation sites excluding steroid dienone is 2. The number of hydrogen-bond acceptors (Lipinski definition) is 6. The van der Waals surface area contributed by atoms with Crippen molar-refractivity contribution in [2.24, 2.45) is 0 Å². The number of carbonyl (C=O) groups excluding carboxylic acids is 4. The van der Waals surface area contributed by atoms with Crippen LogP contribution in [0.4, 0.5) is 5.69 Å². The van der Waals surface area contributed by atoms with Crippen molar-refractivity contribution in [2.45, 2.75) is 37.8 Å². The normalized spacial score (nSPS) is 23.6. The van der Waals surface area contributed by atoms with E-state index in [0.29, 0.717) is 16.8 Å². The summed E-state index contributed by atoms with van der Waals surface area (Å²) in [6, 6.07) is 14.0. The molecule has 1 aliphatic carbocycles. The number of imide groups is 1. The van der Waals surface area contributed by atoms with Crippen LogP contribution in [-0.2, 0) is 20.9 Å². The summed E-state index contributed by atoms with van der Waals surface area (Å²) in [5.41, 5.74) is 2.91. The third-order valence-electron chi connectivity index (χ3n) is 6.52. The first kappa shape index (κ1) is 21.6. The molecule has 1 fully saturated rings. The number of ketones is 1. The van der Waals surface area contributed by atoms with Crippen molar-refractivity contribution in [3.63, 3.8) is 0 Å². The Labute approximate surface area is 196 Å². The Kier molecular flexibility index (Phi) is 5.49. The number of fused-ring (bicyclic) bond motifs is 1. The van der Waals surface area contributed by atoms with Crippen LogP contribution in [0.25, 0.3) is 0 Å². The van der Waals surface area contributed by atoms with Gasteiger partial charge in [-0.25, -0.2) is 0 Å². The summed E-state index contributed by atoms with van der Waals surface area (Å²) in [6.45, 7) is 0.207. The topological polar surface area (TPSA) is 116 Å². The van der Waals surface area contributed by atoms with Gasteiger partial charge < -0.3 is 15.3 Å². The third kappa shape index (κ3) is 3.87. The molecule has 8 nitrogen and oxygen atoms in total. The van der Waals surface area contributed by atoms with E-state index in [0.717, 1.165) is 5.56 Å². The minimum Gasteiger partial charge on any atom is -0.507 e. The van der Waals surface area contributed by atoms with Crippen LogP contribution in [-0.4, -0.2) is 39.6 Å². The zero-order chi connectivity index (χ0) is 23.8. The van der Waals surface area contributed by atoms with E-state index in [1.165, 1.54) is 11.1 Å². The minimum atomic E-state index is -0.703. The highest BCUT2D eigenvalue weighted by atomic mass is 16.3. The summed E-state index contributed by atoms with van der Waals surface area (Å²) >= 11 is 0. The summed E-state index contributed by atoms with van der Waals surface area (Å²) in [5.74, 6) is -1.54. The molecule has 0 saturated carbocycles.